The molecule has 0 saturated heterocycles. The quantitative estimate of drug-likeness (QED) is 0.227. The zero-order valence-corrected chi connectivity index (χ0v) is 26.2. The number of carbonyl (C=O) groups excluding carboxylic acids is 4. The van der Waals surface area contributed by atoms with Gasteiger partial charge in [-0.05, 0) is 85.1 Å². The van der Waals surface area contributed by atoms with Gasteiger partial charge in [0.25, 0.3) is 0 Å². The lowest BCUT2D eigenvalue weighted by Gasteiger charge is -2.41. The monoisotopic (exact) mass is 589 g/mol. The number of nitrogens with two attached hydrogens (primary N) is 1. The summed E-state index contributed by atoms with van der Waals surface area (Å²) < 4.78 is 17.2. The lowest BCUT2D eigenvalue weighted by Crippen LogP contribution is -2.59. The molecule has 236 valence electrons. The van der Waals surface area contributed by atoms with Crippen LogP contribution in [0.1, 0.15) is 98.5 Å². The average molecular weight is 590 g/mol. The van der Waals surface area contributed by atoms with Crippen LogP contribution in [0.3, 0.4) is 0 Å². The van der Waals surface area contributed by atoms with E-state index in [9.17, 15) is 19.2 Å². The molecule has 3 N–H and O–H groups in total. The molecule has 1 aliphatic carbocycles. The standard InChI is InChI=1S/C32H51N3O7/c1-31(2,3)41-27(24-17-11-8-12-18-24)26(21-36)35(30(39)40-22-23-15-9-7-10-16-23)28(37)25(33)19-13-14-20-34-29(38)42-32(4,5)6/h7,9-10,15-16,21,24-27H,8,11-14,17-20,22,33H2,1-6H3,(H,34,38)/t25-,26+,27?/m0/s1. The fourth-order valence-corrected chi connectivity index (χ4v) is 5.04. The van der Waals surface area contributed by atoms with E-state index in [2.05, 4.69) is 5.32 Å². The van der Waals surface area contributed by atoms with E-state index in [1.54, 1.807) is 32.9 Å². The lowest BCUT2D eigenvalue weighted by molar-refractivity contribution is -0.153. The first-order valence-electron chi connectivity index (χ1n) is 15.1. The smallest absolute Gasteiger partial charge is 0.417 e. The Hall–Kier alpha value is -2.98. The highest BCUT2D eigenvalue weighted by atomic mass is 16.6. The summed E-state index contributed by atoms with van der Waals surface area (Å²) in [5.41, 5.74) is 5.85. The minimum atomic E-state index is -1.19. The van der Waals surface area contributed by atoms with Gasteiger partial charge in [-0.3, -0.25) is 4.79 Å². The predicted molar refractivity (Wildman–Crippen MR) is 161 cm³/mol. The molecule has 0 aliphatic heterocycles. The van der Waals surface area contributed by atoms with Crippen LogP contribution < -0.4 is 11.1 Å². The van der Waals surface area contributed by atoms with E-state index in [0.717, 1.165) is 42.6 Å². The Labute approximate surface area is 251 Å². The molecule has 1 aromatic carbocycles. The number of alkyl carbamates (subject to hydrolysis) is 1. The van der Waals surface area contributed by atoms with Crippen LogP contribution in [0.25, 0.3) is 0 Å². The van der Waals surface area contributed by atoms with Crippen molar-refractivity contribution in [3.63, 3.8) is 0 Å². The van der Waals surface area contributed by atoms with E-state index in [0.29, 0.717) is 25.7 Å². The van der Waals surface area contributed by atoms with Gasteiger partial charge in [0.1, 0.15) is 24.5 Å². The summed E-state index contributed by atoms with van der Waals surface area (Å²) in [5.74, 6) is -0.691. The van der Waals surface area contributed by atoms with Gasteiger partial charge in [0.2, 0.25) is 5.91 Å². The van der Waals surface area contributed by atoms with Gasteiger partial charge < -0.3 is 30.1 Å². The second-order valence-corrected chi connectivity index (χ2v) is 13.0. The Morgan fingerprint density at radius 2 is 1.64 bits per heavy atom. The van der Waals surface area contributed by atoms with Crippen molar-refractivity contribution >= 4 is 24.4 Å². The highest BCUT2D eigenvalue weighted by Crippen LogP contribution is 2.33. The zero-order valence-electron chi connectivity index (χ0n) is 26.2. The number of hydrogen-bond acceptors (Lipinski definition) is 8. The maximum Gasteiger partial charge on any atom is 0.417 e. The minimum Gasteiger partial charge on any atom is -0.444 e. The Morgan fingerprint density at radius 3 is 2.21 bits per heavy atom. The highest BCUT2D eigenvalue weighted by molar-refractivity contribution is 5.97. The van der Waals surface area contributed by atoms with E-state index in [-0.39, 0.29) is 18.9 Å². The van der Waals surface area contributed by atoms with Crippen molar-refractivity contribution in [3.8, 4) is 0 Å². The maximum absolute atomic E-state index is 13.8. The molecule has 1 unspecified atom stereocenters. The SMILES string of the molecule is CC(C)(C)OC(=O)NCCCC[C@H](N)C(=O)N(C(=O)OCc1ccccc1)[C@H](C=O)C(OC(C)(C)C)C1CCCCC1. The van der Waals surface area contributed by atoms with Crippen molar-refractivity contribution in [2.75, 3.05) is 6.54 Å². The van der Waals surface area contributed by atoms with Gasteiger partial charge in [0, 0.05) is 6.54 Å². The van der Waals surface area contributed by atoms with Crippen molar-refractivity contribution in [2.24, 2.45) is 11.7 Å². The fraction of sp³-hybridized carbons (Fsp3) is 0.688. The molecular weight excluding hydrogens is 538 g/mol. The van der Waals surface area contributed by atoms with Gasteiger partial charge in [-0.1, -0.05) is 49.6 Å². The maximum atomic E-state index is 13.8. The Kier molecular flexibility index (Phi) is 13.9. The van der Waals surface area contributed by atoms with E-state index in [4.69, 9.17) is 19.9 Å². The fourth-order valence-electron chi connectivity index (χ4n) is 5.04. The first-order chi connectivity index (χ1) is 19.7. The molecule has 10 nitrogen and oxygen atoms in total. The van der Waals surface area contributed by atoms with Gasteiger partial charge in [-0.25, -0.2) is 14.5 Å². The molecule has 1 aliphatic rings. The summed E-state index contributed by atoms with van der Waals surface area (Å²) in [5, 5.41) is 2.68. The van der Waals surface area contributed by atoms with Crippen LogP contribution in [-0.2, 0) is 30.4 Å². The molecule has 0 bridgehead atoms. The minimum absolute atomic E-state index is 0.000511. The summed E-state index contributed by atoms with van der Waals surface area (Å²) in [6.07, 6.45) is 4.53. The number of imide groups is 1. The van der Waals surface area contributed by atoms with Crippen LogP contribution >= 0.6 is 0 Å². The predicted octanol–water partition coefficient (Wildman–Crippen LogP) is 5.51. The molecule has 1 saturated carbocycles. The number of nitrogens with zero attached hydrogens (tertiary/aromatic N) is 1. The first-order valence-corrected chi connectivity index (χ1v) is 15.1. The van der Waals surface area contributed by atoms with Crippen LogP contribution in [0, 0.1) is 5.92 Å². The summed E-state index contributed by atoms with van der Waals surface area (Å²) >= 11 is 0. The summed E-state index contributed by atoms with van der Waals surface area (Å²) in [6.45, 7) is 11.3. The number of carbonyl (C=O) groups is 4. The molecule has 0 radical (unpaired) electrons. The molecule has 0 aromatic heterocycles. The molecule has 2 rings (SSSR count). The number of aldehydes is 1. The van der Waals surface area contributed by atoms with Crippen LogP contribution in [-0.4, -0.2) is 65.2 Å². The molecular formula is C32H51N3O7. The molecule has 42 heavy (non-hydrogen) atoms. The summed E-state index contributed by atoms with van der Waals surface area (Å²) in [6, 6.07) is 6.86. The van der Waals surface area contributed by atoms with E-state index < -0.39 is 47.5 Å². The third-order valence-electron chi connectivity index (χ3n) is 6.94. The summed E-state index contributed by atoms with van der Waals surface area (Å²) in [7, 11) is 0. The van der Waals surface area contributed by atoms with Crippen molar-refractivity contribution in [1.29, 1.82) is 0 Å². The third-order valence-corrected chi connectivity index (χ3v) is 6.94. The van der Waals surface area contributed by atoms with Crippen molar-refractivity contribution < 1.29 is 33.4 Å². The van der Waals surface area contributed by atoms with Crippen LogP contribution in [0.4, 0.5) is 9.59 Å². The zero-order chi connectivity index (χ0) is 31.3. The van der Waals surface area contributed by atoms with E-state index in [1.165, 1.54) is 0 Å². The molecule has 3 amide bonds. The Bertz CT molecular complexity index is 998. The molecule has 3 atom stereocenters. The Morgan fingerprint density at radius 1 is 1.00 bits per heavy atom. The average Bonchev–Trinajstić information content (AvgIpc) is 2.92. The number of benzene rings is 1. The number of rotatable bonds is 13. The topological polar surface area (TPSA) is 137 Å². The van der Waals surface area contributed by atoms with Gasteiger partial charge >= 0.3 is 12.2 Å². The van der Waals surface area contributed by atoms with Gasteiger partial charge in [-0.2, -0.15) is 0 Å². The molecule has 0 spiro atoms. The van der Waals surface area contributed by atoms with E-state index in [1.807, 2.05) is 39.0 Å². The van der Waals surface area contributed by atoms with Crippen molar-refractivity contribution in [2.45, 2.75) is 129 Å². The van der Waals surface area contributed by atoms with Crippen molar-refractivity contribution in [3.05, 3.63) is 35.9 Å². The van der Waals surface area contributed by atoms with Gasteiger partial charge in [-0.15, -0.1) is 0 Å². The Balaban J connectivity index is 2.19. The number of nitrogens with one attached hydrogen (secondary N) is 1. The molecule has 1 fully saturated rings. The van der Waals surface area contributed by atoms with Crippen LogP contribution in [0.15, 0.2) is 30.3 Å². The normalized spacial score (nSPS) is 16.5. The molecule has 10 heteroatoms. The second kappa shape index (κ2) is 16.6. The third kappa shape index (κ3) is 12.5. The largest absolute Gasteiger partial charge is 0.444 e. The summed E-state index contributed by atoms with van der Waals surface area (Å²) in [4.78, 5) is 52.8. The molecule has 0 heterocycles. The van der Waals surface area contributed by atoms with Crippen molar-refractivity contribution in [1.82, 2.24) is 10.2 Å². The highest BCUT2D eigenvalue weighted by Gasteiger charge is 2.43. The van der Waals surface area contributed by atoms with E-state index >= 15 is 0 Å². The van der Waals surface area contributed by atoms with Crippen LogP contribution in [0.2, 0.25) is 0 Å². The second-order valence-electron chi connectivity index (χ2n) is 13.0. The van der Waals surface area contributed by atoms with Crippen LogP contribution in [0.5, 0.6) is 0 Å². The van der Waals surface area contributed by atoms with Gasteiger partial charge in [0.05, 0.1) is 17.7 Å². The molecule has 1 aromatic rings. The number of ether oxygens (including phenoxy) is 3. The first kappa shape index (κ1) is 35.2. The van der Waals surface area contributed by atoms with Gasteiger partial charge in [0.15, 0.2) is 0 Å². The number of amides is 3. The lowest BCUT2D eigenvalue weighted by atomic mass is 9.82. The number of hydrogen-bond donors (Lipinski definition) is 2. The number of unbranched alkanes of at least 4 members (excludes halogenated alkanes) is 1.